The number of nitriles is 1. The van der Waals surface area contributed by atoms with Crippen LogP contribution in [-0.4, -0.2) is 25.3 Å². The molecule has 0 aliphatic carbocycles. The molecule has 1 atom stereocenters. The first-order valence-electron chi connectivity index (χ1n) is 7.03. The Hall–Kier alpha value is -1.68. The summed E-state index contributed by atoms with van der Waals surface area (Å²) in [4.78, 5) is 0. The topological polar surface area (TPSA) is 53.2 Å². The molecule has 3 nitrogen and oxygen atoms in total. The SMILES string of the molecule is CCCc1ccc(OCC(C)C#N)c(CC(F)(F)F)c1[B]O. The Balaban J connectivity index is 3.21. The van der Waals surface area contributed by atoms with Crippen LogP contribution in [0.2, 0.25) is 0 Å². The van der Waals surface area contributed by atoms with Gasteiger partial charge in [0.15, 0.2) is 0 Å². The first kappa shape index (κ1) is 18.4. The molecule has 119 valence electrons. The van der Waals surface area contributed by atoms with Crippen LogP contribution in [0.4, 0.5) is 13.2 Å². The van der Waals surface area contributed by atoms with Gasteiger partial charge in [0.1, 0.15) is 12.4 Å². The molecule has 0 amide bonds. The molecule has 1 aromatic carbocycles. The molecule has 0 spiro atoms. The second-order valence-corrected chi connectivity index (χ2v) is 5.13. The maximum Gasteiger partial charge on any atom is 0.393 e. The van der Waals surface area contributed by atoms with Crippen molar-refractivity contribution in [3.63, 3.8) is 0 Å². The van der Waals surface area contributed by atoms with Gasteiger partial charge in [-0.1, -0.05) is 25.0 Å². The van der Waals surface area contributed by atoms with Gasteiger partial charge in [0, 0.05) is 0 Å². The van der Waals surface area contributed by atoms with E-state index in [0.717, 1.165) is 6.42 Å². The van der Waals surface area contributed by atoms with E-state index in [4.69, 9.17) is 10.00 Å². The number of hydrogen-bond acceptors (Lipinski definition) is 3. The summed E-state index contributed by atoms with van der Waals surface area (Å²) in [6.45, 7) is 3.52. The van der Waals surface area contributed by atoms with Crippen molar-refractivity contribution in [1.29, 1.82) is 5.26 Å². The highest BCUT2D eigenvalue weighted by Gasteiger charge is 2.31. The maximum absolute atomic E-state index is 12.8. The average Bonchev–Trinajstić information content (AvgIpc) is 2.45. The molecule has 0 heterocycles. The average molecular weight is 312 g/mol. The quantitative estimate of drug-likeness (QED) is 0.787. The first-order valence-corrected chi connectivity index (χ1v) is 7.03. The summed E-state index contributed by atoms with van der Waals surface area (Å²) >= 11 is 0. The van der Waals surface area contributed by atoms with E-state index in [0.29, 0.717) is 19.5 Å². The van der Waals surface area contributed by atoms with Crippen LogP contribution in [0.5, 0.6) is 5.75 Å². The summed E-state index contributed by atoms with van der Waals surface area (Å²) < 4.78 is 43.8. The van der Waals surface area contributed by atoms with Gasteiger partial charge in [-0.05, 0) is 30.4 Å². The van der Waals surface area contributed by atoms with E-state index in [1.165, 1.54) is 6.07 Å². The van der Waals surface area contributed by atoms with E-state index in [1.54, 1.807) is 13.0 Å². The van der Waals surface area contributed by atoms with Gasteiger partial charge in [0.25, 0.3) is 0 Å². The lowest BCUT2D eigenvalue weighted by atomic mass is 9.78. The zero-order valence-corrected chi connectivity index (χ0v) is 12.6. The molecule has 7 heteroatoms. The van der Waals surface area contributed by atoms with Gasteiger partial charge in [0.05, 0.1) is 18.4 Å². The fourth-order valence-corrected chi connectivity index (χ4v) is 2.11. The fraction of sp³-hybridized carbons (Fsp3) is 0.533. The van der Waals surface area contributed by atoms with Crippen molar-refractivity contribution >= 4 is 12.9 Å². The number of halogens is 3. The Morgan fingerprint density at radius 3 is 2.59 bits per heavy atom. The molecule has 0 saturated heterocycles. The highest BCUT2D eigenvalue weighted by Crippen LogP contribution is 2.28. The van der Waals surface area contributed by atoms with Crippen LogP contribution in [-0.2, 0) is 12.8 Å². The number of benzene rings is 1. The van der Waals surface area contributed by atoms with Crippen LogP contribution in [0.25, 0.3) is 0 Å². The molecule has 1 aromatic rings. The highest BCUT2D eigenvalue weighted by atomic mass is 19.4. The predicted molar refractivity (Wildman–Crippen MR) is 78.1 cm³/mol. The molecule has 0 aliphatic heterocycles. The Labute approximate surface area is 129 Å². The van der Waals surface area contributed by atoms with Gasteiger partial charge in [-0.25, -0.2) is 0 Å². The maximum atomic E-state index is 12.8. The molecular formula is C15H18BF3NO2. The summed E-state index contributed by atoms with van der Waals surface area (Å²) in [5.41, 5.74) is 0.706. The lowest BCUT2D eigenvalue weighted by molar-refractivity contribution is -0.127. The van der Waals surface area contributed by atoms with E-state index < -0.39 is 18.5 Å². The van der Waals surface area contributed by atoms with Crippen LogP contribution in [0, 0.1) is 17.2 Å². The van der Waals surface area contributed by atoms with Crippen LogP contribution >= 0.6 is 0 Å². The summed E-state index contributed by atoms with van der Waals surface area (Å²) in [5.74, 6) is -0.379. The van der Waals surface area contributed by atoms with Gasteiger partial charge in [-0.15, -0.1) is 0 Å². The highest BCUT2D eigenvalue weighted by molar-refractivity contribution is 6.47. The number of hydrogen-bond donors (Lipinski definition) is 1. The summed E-state index contributed by atoms with van der Waals surface area (Å²) in [5, 5.41) is 18.1. The van der Waals surface area contributed by atoms with Crippen molar-refractivity contribution in [2.75, 3.05) is 6.61 Å². The lowest BCUT2D eigenvalue weighted by Crippen LogP contribution is -2.29. The third kappa shape index (κ3) is 5.26. The number of ether oxygens (including phenoxy) is 1. The van der Waals surface area contributed by atoms with E-state index >= 15 is 0 Å². The van der Waals surface area contributed by atoms with Crippen molar-refractivity contribution in [3.8, 4) is 11.8 Å². The number of alkyl halides is 3. The molecule has 0 saturated carbocycles. The lowest BCUT2D eigenvalue weighted by Gasteiger charge is -2.19. The molecule has 0 fully saturated rings. The zero-order chi connectivity index (χ0) is 16.8. The number of rotatable bonds is 7. The third-order valence-electron chi connectivity index (χ3n) is 3.14. The molecule has 1 N–H and O–H groups in total. The minimum atomic E-state index is -4.42. The molecule has 0 bridgehead atoms. The van der Waals surface area contributed by atoms with Gasteiger partial charge in [0.2, 0.25) is 0 Å². The fourth-order valence-electron chi connectivity index (χ4n) is 2.11. The number of nitrogens with zero attached hydrogens (tertiary/aromatic N) is 1. The molecule has 1 rings (SSSR count). The smallest absolute Gasteiger partial charge is 0.393 e. The summed E-state index contributed by atoms with van der Waals surface area (Å²) in [6, 6.07) is 5.08. The molecule has 1 unspecified atom stereocenters. The first-order chi connectivity index (χ1) is 10.3. The van der Waals surface area contributed by atoms with E-state index in [2.05, 4.69) is 0 Å². The van der Waals surface area contributed by atoms with Crippen LogP contribution in [0.15, 0.2) is 12.1 Å². The minimum absolute atomic E-state index is 0.000645. The van der Waals surface area contributed by atoms with Crippen LogP contribution in [0.3, 0.4) is 0 Å². The molecule has 0 aliphatic rings. The zero-order valence-electron chi connectivity index (χ0n) is 12.6. The van der Waals surface area contributed by atoms with Crippen molar-refractivity contribution in [3.05, 3.63) is 23.3 Å². The van der Waals surface area contributed by atoms with E-state index in [1.807, 2.05) is 13.0 Å². The second-order valence-electron chi connectivity index (χ2n) is 5.13. The summed E-state index contributed by atoms with van der Waals surface area (Å²) in [7, 11) is 0.701. The Morgan fingerprint density at radius 1 is 1.41 bits per heavy atom. The Bertz CT molecular complexity index is 541. The van der Waals surface area contributed by atoms with Crippen LogP contribution < -0.4 is 10.2 Å². The third-order valence-corrected chi connectivity index (χ3v) is 3.14. The monoisotopic (exact) mass is 312 g/mol. The molecule has 22 heavy (non-hydrogen) atoms. The second kappa shape index (κ2) is 8.09. The predicted octanol–water partition coefficient (Wildman–Crippen LogP) is 2.52. The summed E-state index contributed by atoms with van der Waals surface area (Å²) in [6.07, 6.45) is -4.29. The van der Waals surface area contributed by atoms with Crippen molar-refractivity contribution in [2.24, 2.45) is 5.92 Å². The van der Waals surface area contributed by atoms with Crippen molar-refractivity contribution < 1.29 is 22.9 Å². The van der Waals surface area contributed by atoms with Crippen molar-refractivity contribution in [1.82, 2.24) is 0 Å². The minimum Gasteiger partial charge on any atom is -0.492 e. The van der Waals surface area contributed by atoms with Crippen LogP contribution in [0.1, 0.15) is 31.4 Å². The standard InChI is InChI=1S/C15H18BF3NO2/c1-3-4-11-5-6-13(22-9-10(2)8-20)12(14(11)16-21)7-15(17,18)19/h5-6,10,21H,3-4,7,9H2,1-2H3. The number of aryl methyl sites for hydroxylation is 1. The Kier molecular flexibility index (Phi) is 6.76. The molecular weight excluding hydrogens is 294 g/mol. The van der Waals surface area contributed by atoms with Crippen molar-refractivity contribution in [2.45, 2.75) is 39.3 Å². The van der Waals surface area contributed by atoms with Gasteiger partial charge < -0.3 is 9.76 Å². The Morgan fingerprint density at radius 2 is 2.09 bits per heavy atom. The van der Waals surface area contributed by atoms with E-state index in [9.17, 15) is 18.2 Å². The largest absolute Gasteiger partial charge is 0.492 e. The molecule has 1 radical (unpaired) electrons. The molecule has 0 aromatic heterocycles. The van der Waals surface area contributed by atoms with E-state index in [-0.39, 0.29) is 23.4 Å². The van der Waals surface area contributed by atoms with Gasteiger partial charge in [-0.3, -0.25) is 0 Å². The van der Waals surface area contributed by atoms with Gasteiger partial charge >= 0.3 is 13.7 Å². The van der Waals surface area contributed by atoms with Gasteiger partial charge in [-0.2, -0.15) is 18.4 Å². The normalized spacial score (nSPS) is 12.6.